The van der Waals surface area contributed by atoms with Crippen molar-refractivity contribution in [1.82, 2.24) is 5.32 Å². The molecule has 120 valence electrons. The molecule has 0 saturated carbocycles. The van der Waals surface area contributed by atoms with E-state index in [9.17, 15) is 14.0 Å². The van der Waals surface area contributed by atoms with Crippen LogP contribution in [0.3, 0.4) is 0 Å². The van der Waals surface area contributed by atoms with Crippen molar-refractivity contribution in [2.75, 3.05) is 0 Å². The van der Waals surface area contributed by atoms with Crippen LogP contribution in [-0.2, 0) is 4.79 Å². The highest BCUT2D eigenvalue weighted by molar-refractivity contribution is 5.94. The van der Waals surface area contributed by atoms with Gasteiger partial charge in [-0.05, 0) is 29.8 Å². The van der Waals surface area contributed by atoms with E-state index in [2.05, 4.69) is 5.32 Å². The Morgan fingerprint density at radius 2 is 1.83 bits per heavy atom. The number of nitrogens with one attached hydrogen (secondary N) is 1. The van der Waals surface area contributed by atoms with Gasteiger partial charge in [0.1, 0.15) is 11.9 Å². The van der Waals surface area contributed by atoms with Crippen molar-refractivity contribution in [3.8, 4) is 6.07 Å². The Morgan fingerprint density at radius 1 is 1.17 bits per heavy atom. The van der Waals surface area contributed by atoms with Crippen LogP contribution in [-0.4, -0.2) is 11.8 Å². The molecule has 2 aromatic rings. The number of nitriles is 1. The molecule has 0 aliphatic carbocycles. The van der Waals surface area contributed by atoms with E-state index >= 15 is 0 Å². The first kappa shape index (κ1) is 16.9. The minimum absolute atomic E-state index is 0.104. The number of primary amides is 1. The van der Waals surface area contributed by atoms with Crippen molar-refractivity contribution >= 4 is 17.9 Å². The molecule has 1 unspecified atom stereocenters. The fourth-order valence-electron chi connectivity index (χ4n) is 2.01. The number of halogens is 1. The first-order valence-corrected chi connectivity index (χ1v) is 7.03. The quantitative estimate of drug-likeness (QED) is 0.826. The van der Waals surface area contributed by atoms with Gasteiger partial charge in [0.15, 0.2) is 0 Å². The predicted octanol–water partition coefficient (Wildman–Crippen LogP) is 2.32. The molecule has 0 radical (unpaired) electrons. The molecule has 0 bridgehead atoms. The average Bonchev–Trinajstić information content (AvgIpc) is 2.59. The number of amides is 2. The van der Waals surface area contributed by atoms with E-state index in [1.165, 1.54) is 42.5 Å². The average molecular weight is 323 g/mol. The second kappa shape index (κ2) is 7.70. The number of nitrogens with zero attached hydrogens (tertiary/aromatic N) is 1. The maximum atomic E-state index is 13.7. The number of carbonyl (C=O) groups excluding carboxylic acids is 2. The second-order valence-electron chi connectivity index (χ2n) is 4.91. The zero-order valence-corrected chi connectivity index (χ0v) is 12.6. The highest BCUT2D eigenvalue weighted by Gasteiger charge is 2.15. The SMILES string of the molecule is N#CC(NC(=O)/C=C/c1ccc(C(N)=O)cc1)c1ccccc1F. The van der Waals surface area contributed by atoms with Gasteiger partial charge in [-0.1, -0.05) is 30.3 Å². The normalized spacial score (nSPS) is 11.7. The standard InChI is InChI=1S/C18H14FN3O2/c19-15-4-2-1-3-14(15)16(11-20)22-17(23)10-7-12-5-8-13(9-6-12)18(21)24/h1-10,16H,(H2,21,24)(H,22,23)/b10-7+. The van der Waals surface area contributed by atoms with Gasteiger partial charge in [-0.2, -0.15) is 5.26 Å². The van der Waals surface area contributed by atoms with Gasteiger partial charge in [0.25, 0.3) is 0 Å². The van der Waals surface area contributed by atoms with E-state index in [1.54, 1.807) is 18.2 Å². The molecule has 2 amide bonds. The number of rotatable bonds is 5. The molecule has 0 heterocycles. The molecular weight excluding hydrogens is 309 g/mol. The van der Waals surface area contributed by atoms with Crippen LogP contribution in [0, 0.1) is 17.1 Å². The van der Waals surface area contributed by atoms with Gasteiger partial charge in [-0.25, -0.2) is 4.39 Å². The largest absolute Gasteiger partial charge is 0.366 e. The minimum atomic E-state index is -1.08. The molecule has 0 aliphatic heterocycles. The first-order chi connectivity index (χ1) is 11.5. The number of hydrogen-bond acceptors (Lipinski definition) is 3. The lowest BCUT2D eigenvalue weighted by Crippen LogP contribution is -2.26. The van der Waals surface area contributed by atoms with Crippen LogP contribution in [0.5, 0.6) is 0 Å². The van der Waals surface area contributed by atoms with Gasteiger partial charge in [0.05, 0.1) is 6.07 Å². The molecule has 0 aromatic heterocycles. The lowest BCUT2D eigenvalue weighted by Gasteiger charge is -2.11. The van der Waals surface area contributed by atoms with Gasteiger partial charge in [-0.15, -0.1) is 0 Å². The van der Waals surface area contributed by atoms with Crippen molar-refractivity contribution in [1.29, 1.82) is 5.26 Å². The Bertz CT molecular complexity index is 823. The van der Waals surface area contributed by atoms with Crippen LogP contribution in [0.25, 0.3) is 6.08 Å². The lowest BCUT2D eigenvalue weighted by atomic mass is 10.1. The highest BCUT2D eigenvalue weighted by Crippen LogP contribution is 2.16. The highest BCUT2D eigenvalue weighted by atomic mass is 19.1. The Hall–Kier alpha value is -3.46. The molecular formula is C18H14FN3O2. The summed E-state index contributed by atoms with van der Waals surface area (Å²) in [5, 5.41) is 11.5. The molecule has 0 fully saturated rings. The van der Waals surface area contributed by atoms with E-state index < -0.39 is 23.7 Å². The van der Waals surface area contributed by atoms with Gasteiger partial charge < -0.3 is 11.1 Å². The molecule has 1 atom stereocenters. The molecule has 5 nitrogen and oxygen atoms in total. The predicted molar refractivity (Wildman–Crippen MR) is 86.9 cm³/mol. The first-order valence-electron chi connectivity index (χ1n) is 7.03. The summed E-state index contributed by atoms with van der Waals surface area (Å²) in [6, 6.07) is 12.9. The van der Waals surface area contributed by atoms with Crippen molar-refractivity contribution < 1.29 is 14.0 Å². The minimum Gasteiger partial charge on any atom is -0.366 e. The van der Waals surface area contributed by atoms with E-state index in [0.29, 0.717) is 11.1 Å². The van der Waals surface area contributed by atoms with E-state index in [4.69, 9.17) is 11.0 Å². The maximum Gasteiger partial charge on any atom is 0.248 e. The van der Waals surface area contributed by atoms with Crippen LogP contribution in [0.15, 0.2) is 54.6 Å². The zero-order chi connectivity index (χ0) is 17.5. The number of hydrogen-bond donors (Lipinski definition) is 2. The third-order valence-electron chi connectivity index (χ3n) is 3.25. The maximum absolute atomic E-state index is 13.7. The fourth-order valence-corrected chi connectivity index (χ4v) is 2.01. The third-order valence-corrected chi connectivity index (χ3v) is 3.25. The van der Waals surface area contributed by atoms with Gasteiger partial charge in [0.2, 0.25) is 11.8 Å². The summed E-state index contributed by atoms with van der Waals surface area (Å²) in [4.78, 5) is 22.9. The third kappa shape index (κ3) is 4.27. The van der Waals surface area contributed by atoms with E-state index in [-0.39, 0.29) is 5.56 Å². The summed E-state index contributed by atoms with van der Waals surface area (Å²) < 4.78 is 13.7. The van der Waals surface area contributed by atoms with Crippen LogP contribution >= 0.6 is 0 Å². The molecule has 2 aromatic carbocycles. The molecule has 0 spiro atoms. The summed E-state index contributed by atoms with van der Waals surface area (Å²) >= 11 is 0. The number of nitrogens with two attached hydrogens (primary N) is 1. The molecule has 2 rings (SSSR count). The monoisotopic (exact) mass is 323 g/mol. The van der Waals surface area contributed by atoms with Crippen LogP contribution in [0.4, 0.5) is 4.39 Å². The molecule has 0 aliphatic rings. The Labute approximate surface area is 138 Å². The Kier molecular flexibility index (Phi) is 5.42. The molecule has 6 heteroatoms. The van der Waals surface area contributed by atoms with Crippen molar-refractivity contribution in [2.45, 2.75) is 6.04 Å². The zero-order valence-electron chi connectivity index (χ0n) is 12.6. The molecule has 24 heavy (non-hydrogen) atoms. The van der Waals surface area contributed by atoms with Crippen molar-refractivity contribution in [3.05, 3.63) is 77.1 Å². The van der Waals surface area contributed by atoms with Gasteiger partial charge in [-0.3, -0.25) is 9.59 Å². The Balaban J connectivity index is 2.05. The molecule has 3 N–H and O–H groups in total. The summed E-state index contributed by atoms with van der Waals surface area (Å²) in [7, 11) is 0. The van der Waals surface area contributed by atoms with Crippen LogP contribution in [0.2, 0.25) is 0 Å². The summed E-state index contributed by atoms with van der Waals surface area (Å²) in [6.45, 7) is 0. The molecule has 0 saturated heterocycles. The van der Waals surface area contributed by atoms with Crippen molar-refractivity contribution in [3.63, 3.8) is 0 Å². The lowest BCUT2D eigenvalue weighted by molar-refractivity contribution is -0.116. The smallest absolute Gasteiger partial charge is 0.248 e. The Morgan fingerprint density at radius 3 is 2.42 bits per heavy atom. The van der Waals surface area contributed by atoms with Crippen LogP contribution < -0.4 is 11.1 Å². The summed E-state index contributed by atoms with van der Waals surface area (Å²) in [5.74, 6) is -1.64. The summed E-state index contributed by atoms with van der Waals surface area (Å²) in [6.07, 6.45) is 2.74. The van der Waals surface area contributed by atoms with E-state index in [0.717, 1.165) is 0 Å². The fraction of sp³-hybridized carbons (Fsp3) is 0.0556. The number of carbonyl (C=O) groups is 2. The van der Waals surface area contributed by atoms with Gasteiger partial charge in [0, 0.05) is 17.2 Å². The number of benzene rings is 2. The van der Waals surface area contributed by atoms with Crippen molar-refractivity contribution in [2.24, 2.45) is 5.73 Å². The second-order valence-corrected chi connectivity index (χ2v) is 4.91. The van der Waals surface area contributed by atoms with Gasteiger partial charge >= 0.3 is 0 Å². The van der Waals surface area contributed by atoms with E-state index in [1.807, 2.05) is 6.07 Å². The topological polar surface area (TPSA) is 96.0 Å². The van der Waals surface area contributed by atoms with Crippen LogP contribution in [0.1, 0.15) is 27.5 Å². The summed E-state index contributed by atoms with van der Waals surface area (Å²) in [5.41, 5.74) is 6.28.